The number of hydrogen-bond acceptors (Lipinski definition) is 3. The number of ether oxygens (including phenoxy) is 1. The van der Waals surface area contributed by atoms with Crippen LogP contribution in [-0.4, -0.2) is 23.1 Å². The molecule has 1 atom stereocenters. The topological polar surface area (TPSA) is 63.6 Å². The van der Waals surface area contributed by atoms with Crippen molar-refractivity contribution < 1.29 is 19.4 Å². The van der Waals surface area contributed by atoms with Gasteiger partial charge in [-0.25, -0.2) is 9.59 Å². The standard InChI is InChI=1S/C12H12O4/c1-8(11(13)14)9(2)16-12(15)10-6-4-3-5-7-10/h3-7,9H,1H2,2H3,(H,13,14). The molecule has 84 valence electrons. The van der Waals surface area contributed by atoms with E-state index in [-0.39, 0.29) is 5.57 Å². The smallest absolute Gasteiger partial charge is 0.338 e. The lowest BCUT2D eigenvalue weighted by molar-refractivity contribution is -0.133. The third-order valence-electron chi connectivity index (χ3n) is 2.06. The van der Waals surface area contributed by atoms with Crippen molar-refractivity contribution in [1.29, 1.82) is 0 Å². The molecule has 0 aliphatic carbocycles. The number of carboxylic acid groups (broad SMARTS) is 1. The SMILES string of the molecule is C=C(C(=O)O)C(C)OC(=O)c1ccccc1. The van der Waals surface area contributed by atoms with Gasteiger partial charge in [0.05, 0.1) is 11.1 Å². The van der Waals surface area contributed by atoms with Crippen molar-refractivity contribution in [2.75, 3.05) is 0 Å². The summed E-state index contributed by atoms with van der Waals surface area (Å²) in [6.07, 6.45) is -0.842. The molecule has 16 heavy (non-hydrogen) atoms. The van der Waals surface area contributed by atoms with Crippen LogP contribution in [0.5, 0.6) is 0 Å². The van der Waals surface area contributed by atoms with Crippen LogP contribution in [-0.2, 0) is 9.53 Å². The summed E-state index contributed by atoms with van der Waals surface area (Å²) in [4.78, 5) is 22.1. The van der Waals surface area contributed by atoms with E-state index in [9.17, 15) is 9.59 Å². The minimum absolute atomic E-state index is 0.149. The number of esters is 1. The fourth-order valence-corrected chi connectivity index (χ4v) is 1.05. The Hall–Kier alpha value is -2.10. The van der Waals surface area contributed by atoms with E-state index < -0.39 is 18.0 Å². The van der Waals surface area contributed by atoms with Crippen LogP contribution in [0.3, 0.4) is 0 Å². The second-order valence-corrected chi connectivity index (χ2v) is 3.24. The lowest BCUT2D eigenvalue weighted by atomic mass is 10.2. The van der Waals surface area contributed by atoms with Crippen molar-refractivity contribution in [2.24, 2.45) is 0 Å². The molecule has 1 rings (SSSR count). The molecule has 4 nitrogen and oxygen atoms in total. The summed E-state index contributed by atoms with van der Waals surface area (Å²) in [5.74, 6) is -1.73. The molecule has 1 unspecified atom stereocenters. The minimum Gasteiger partial charge on any atom is -0.478 e. The molecule has 0 aliphatic rings. The highest BCUT2D eigenvalue weighted by atomic mass is 16.5. The Balaban J connectivity index is 2.66. The quantitative estimate of drug-likeness (QED) is 0.621. The summed E-state index contributed by atoms with van der Waals surface area (Å²) in [5.41, 5.74) is 0.233. The third-order valence-corrected chi connectivity index (χ3v) is 2.06. The molecule has 1 aromatic rings. The van der Waals surface area contributed by atoms with Gasteiger partial charge in [-0.2, -0.15) is 0 Å². The molecule has 0 saturated carbocycles. The summed E-state index contributed by atoms with van der Waals surface area (Å²) in [7, 11) is 0. The van der Waals surface area contributed by atoms with Crippen LogP contribution < -0.4 is 0 Å². The maximum absolute atomic E-state index is 11.5. The van der Waals surface area contributed by atoms with Crippen LogP contribution in [0.1, 0.15) is 17.3 Å². The fourth-order valence-electron chi connectivity index (χ4n) is 1.05. The predicted molar refractivity (Wildman–Crippen MR) is 58.1 cm³/mol. The monoisotopic (exact) mass is 220 g/mol. The van der Waals surface area contributed by atoms with Gasteiger partial charge in [0.25, 0.3) is 0 Å². The molecule has 0 saturated heterocycles. The number of rotatable bonds is 4. The molecule has 0 aliphatic heterocycles. The van der Waals surface area contributed by atoms with E-state index >= 15 is 0 Å². The fraction of sp³-hybridized carbons (Fsp3) is 0.167. The number of carboxylic acids is 1. The van der Waals surface area contributed by atoms with Crippen LogP contribution in [0.4, 0.5) is 0 Å². The minimum atomic E-state index is -1.17. The van der Waals surface area contributed by atoms with E-state index in [2.05, 4.69) is 6.58 Å². The van der Waals surface area contributed by atoms with E-state index in [0.717, 1.165) is 0 Å². The highest BCUT2D eigenvalue weighted by Gasteiger charge is 2.18. The van der Waals surface area contributed by atoms with Crippen molar-refractivity contribution in [3.8, 4) is 0 Å². The molecule has 0 spiro atoms. The van der Waals surface area contributed by atoms with Crippen molar-refractivity contribution in [1.82, 2.24) is 0 Å². The molecule has 0 bridgehead atoms. The second kappa shape index (κ2) is 5.11. The first-order chi connectivity index (χ1) is 7.52. The lowest BCUT2D eigenvalue weighted by Crippen LogP contribution is -2.21. The molecule has 1 aromatic carbocycles. The number of aliphatic carboxylic acids is 1. The van der Waals surface area contributed by atoms with Gasteiger partial charge in [0, 0.05) is 0 Å². The second-order valence-electron chi connectivity index (χ2n) is 3.24. The van der Waals surface area contributed by atoms with Crippen LogP contribution in [0.25, 0.3) is 0 Å². The summed E-state index contributed by atoms with van der Waals surface area (Å²) >= 11 is 0. The van der Waals surface area contributed by atoms with Gasteiger partial charge in [0.2, 0.25) is 0 Å². The molecule has 0 fully saturated rings. The lowest BCUT2D eigenvalue weighted by Gasteiger charge is -2.12. The zero-order chi connectivity index (χ0) is 12.1. The predicted octanol–water partition coefficient (Wildman–Crippen LogP) is 1.87. The van der Waals surface area contributed by atoms with Gasteiger partial charge in [-0.1, -0.05) is 24.8 Å². The summed E-state index contributed by atoms with van der Waals surface area (Å²) in [6.45, 7) is 4.79. The molecule has 0 heterocycles. The van der Waals surface area contributed by atoms with Gasteiger partial charge in [0.1, 0.15) is 6.10 Å². The van der Waals surface area contributed by atoms with E-state index in [0.29, 0.717) is 5.56 Å². The molecule has 0 aromatic heterocycles. The molecule has 1 N–H and O–H groups in total. The maximum Gasteiger partial charge on any atom is 0.338 e. The number of benzene rings is 1. The summed E-state index contributed by atoms with van der Waals surface area (Å²) < 4.78 is 4.94. The maximum atomic E-state index is 11.5. The van der Waals surface area contributed by atoms with E-state index in [1.165, 1.54) is 6.92 Å². The van der Waals surface area contributed by atoms with E-state index in [1.54, 1.807) is 30.3 Å². The Kier molecular flexibility index (Phi) is 3.83. The molecule has 0 radical (unpaired) electrons. The van der Waals surface area contributed by atoms with Crippen molar-refractivity contribution in [3.63, 3.8) is 0 Å². The number of carbonyl (C=O) groups is 2. The van der Waals surface area contributed by atoms with E-state index in [4.69, 9.17) is 9.84 Å². The molecule has 4 heteroatoms. The first-order valence-corrected chi connectivity index (χ1v) is 4.70. The first kappa shape index (κ1) is 12.0. The van der Waals surface area contributed by atoms with Crippen LogP contribution >= 0.6 is 0 Å². The van der Waals surface area contributed by atoms with Gasteiger partial charge in [0.15, 0.2) is 0 Å². The molecular formula is C12H12O4. The van der Waals surface area contributed by atoms with Gasteiger partial charge in [-0.05, 0) is 19.1 Å². The average Bonchev–Trinajstić information content (AvgIpc) is 2.28. The van der Waals surface area contributed by atoms with Gasteiger partial charge in [-0.3, -0.25) is 0 Å². The van der Waals surface area contributed by atoms with Crippen molar-refractivity contribution in [3.05, 3.63) is 48.0 Å². The Morgan fingerprint density at radius 1 is 1.31 bits per heavy atom. The Bertz CT molecular complexity index is 408. The van der Waals surface area contributed by atoms with Crippen LogP contribution in [0, 0.1) is 0 Å². The first-order valence-electron chi connectivity index (χ1n) is 4.70. The third kappa shape index (κ3) is 2.95. The average molecular weight is 220 g/mol. The number of hydrogen-bond donors (Lipinski definition) is 1. The van der Waals surface area contributed by atoms with Gasteiger partial charge < -0.3 is 9.84 Å². The van der Waals surface area contributed by atoms with Crippen molar-refractivity contribution in [2.45, 2.75) is 13.0 Å². The zero-order valence-electron chi connectivity index (χ0n) is 8.84. The van der Waals surface area contributed by atoms with Gasteiger partial charge >= 0.3 is 11.9 Å². The summed E-state index contributed by atoms with van der Waals surface area (Å²) in [5, 5.41) is 8.65. The van der Waals surface area contributed by atoms with E-state index in [1.807, 2.05) is 0 Å². The Morgan fingerprint density at radius 3 is 2.38 bits per heavy atom. The summed E-state index contributed by atoms with van der Waals surface area (Å²) in [6, 6.07) is 8.37. The van der Waals surface area contributed by atoms with Crippen molar-refractivity contribution >= 4 is 11.9 Å². The molecular weight excluding hydrogens is 208 g/mol. The normalized spacial score (nSPS) is 11.6. The Morgan fingerprint density at radius 2 is 1.88 bits per heavy atom. The Labute approximate surface area is 93.2 Å². The van der Waals surface area contributed by atoms with Gasteiger partial charge in [-0.15, -0.1) is 0 Å². The largest absolute Gasteiger partial charge is 0.478 e. The highest BCUT2D eigenvalue weighted by Crippen LogP contribution is 2.08. The van der Waals surface area contributed by atoms with Crippen LogP contribution in [0.15, 0.2) is 42.5 Å². The van der Waals surface area contributed by atoms with Crippen LogP contribution in [0.2, 0.25) is 0 Å². The highest BCUT2D eigenvalue weighted by molar-refractivity contribution is 5.91. The molecule has 0 amide bonds. The zero-order valence-corrected chi connectivity index (χ0v) is 8.84. The number of carbonyl (C=O) groups excluding carboxylic acids is 1.